The summed E-state index contributed by atoms with van der Waals surface area (Å²) in [5, 5.41) is 9.23. The lowest BCUT2D eigenvalue weighted by Crippen LogP contribution is -2.52. The number of β-lactam (4-membered cyclic amide) rings is 1. The molecule has 1 fully saturated rings. The Morgan fingerprint density at radius 3 is 2.60 bits per heavy atom. The second-order valence-corrected chi connectivity index (χ2v) is 6.76. The SMILES string of the molecule is COc1ccc([C@H](CC(=O)O)N2CC(c3ccc(Br)cc3)C2=O)cn1. The highest BCUT2D eigenvalue weighted by atomic mass is 79.9. The van der Waals surface area contributed by atoms with Crippen LogP contribution in [0, 0.1) is 0 Å². The quantitative estimate of drug-likeness (QED) is 0.748. The van der Waals surface area contributed by atoms with E-state index in [9.17, 15) is 14.7 Å². The molecule has 0 radical (unpaired) electrons. The lowest BCUT2D eigenvalue weighted by molar-refractivity contribution is -0.149. The lowest BCUT2D eigenvalue weighted by atomic mass is 9.87. The molecule has 0 aliphatic carbocycles. The third-order valence-corrected chi connectivity index (χ3v) is 4.86. The van der Waals surface area contributed by atoms with E-state index in [0.717, 1.165) is 10.0 Å². The van der Waals surface area contributed by atoms with Crippen LogP contribution in [-0.4, -0.2) is 40.5 Å². The van der Waals surface area contributed by atoms with Crippen LogP contribution in [0.25, 0.3) is 0 Å². The largest absolute Gasteiger partial charge is 0.481 e. The van der Waals surface area contributed by atoms with Gasteiger partial charge in [0.05, 0.1) is 25.5 Å². The molecule has 6 nitrogen and oxygen atoms in total. The number of amides is 1. The van der Waals surface area contributed by atoms with Gasteiger partial charge in [0.1, 0.15) is 0 Å². The molecule has 25 heavy (non-hydrogen) atoms. The zero-order valence-electron chi connectivity index (χ0n) is 13.6. The molecule has 1 N–H and O–H groups in total. The molecule has 1 amide bonds. The molecule has 2 aromatic rings. The molecule has 2 atom stereocenters. The summed E-state index contributed by atoms with van der Waals surface area (Å²) < 4.78 is 5.98. The second kappa shape index (κ2) is 7.23. The molecule has 1 saturated heterocycles. The van der Waals surface area contributed by atoms with Gasteiger partial charge in [-0.25, -0.2) is 4.98 Å². The van der Waals surface area contributed by atoms with Gasteiger partial charge in [-0.1, -0.05) is 34.1 Å². The molecular weight excluding hydrogens is 388 g/mol. The topological polar surface area (TPSA) is 79.7 Å². The van der Waals surface area contributed by atoms with Crippen LogP contribution in [-0.2, 0) is 9.59 Å². The number of halogens is 1. The number of likely N-dealkylation sites (tertiary alicyclic amines) is 1. The van der Waals surface area contributed by atoms with Gasteiger partial charge >= 0.3 is 5.97 Å². The number of nitrogens with zero attached hydrogens (tertiary/aromatic N) is 2. The first-order valence-electron chi connectivity index (χ1n) is 7.77. The van der Waals surface area contributed by atoms with Crippen LogP contribution in [0.4, 0.5) is 0 Å². The Kier molecular flexibility index (Phi) is 5.03. The van der Waals surface area contributed by atoms with Crippen LogP contribution >= 0.6 is 15.9 Å². The Balaban J connectivity index is 1.79. The van der Waals surface area contributed by atoms with Crippen molar-refractivity contribution in [2.24, 2.45) is 0 Å². The number of carboxylic acid groups (broad SMARTS) is 1. The molecule has 1 aromatic heterocycles. The van der Waals surface area contributed by atoms with Crippen LogP contribution in [0.5, 0.6) is 5.88 Å². The number of methoxy groups -OCH3 is 1. The Labute approximate surface area is 153 Å². The van der Waals surface area contributed by atoms with Crippen LogP contribution in [0.15, 0.2) is 47.1 Å². The van der Waals surface area contributed by atoms with Crippen molar-refractivity contribution in [3.8, 4) is 5.88 Å². The number of carboxylic acids is 1. The second-order valence-electron chi connectivity index (χ2n) is 5.84. The van der Waals surface area contributed by atoms with Gasteiger partial charge in [-0.2, -0.15) is 0 Å². The number of ether oxygens (including phenoxy) is 1. The van der Waals surface area contributed by atoms with Crippen LogP contribution in [0.3, 0.4) is 0 Å². The highest BCUT2D eigenvalue weighted by molar-refractivity contribution is 9.10. The molecule has 0 saturated carbocycles. The minimum Gasteiger partial charge on any atom is -0.481 e. The number of rotatable bonds is 6. The molecular formula is C18H17BrN2O4. The van der Waals surface area contributed by atoms with E-state index in [1.165, 1.54) is 7.11 Å². The number of aliphatic carboxylic acids is 1. The predicted molar refractivity (Wildman–Crippen MR) is 94.4 cm³/mol. The van der Waals surface area contributed by atoms with Crippen molar-refractivity contribution in [3.05, 3.63) is 58.2 Å². The molecule has 1 aromatic carbocycles. The minimum absolute atomic E-state index is 0.0654. The average Bonchev–Trinajstić information content (AvgIpc) is 2.61. The number of carbonyl (C=O) groups is 2. The Hall–Kier alpha value is -2.41. The van der Waals surface area contributed by atoms with E-state index < -0.39 is 12.0 Å². The highest BCUT2D eigenvalue weighted by Gasteiger charge is 2.42. The maximum absolute atomic E-state index is 12.6. The molecule has 2 heterocycles. The van der Waals surface area contributed by atoms with Crippen molar-refractivity contribution in [1.29, 1.82) is 0 Å². The van der Waals surface area contributed by atoms with Crippen molar-refractivity contribution in [2.45, 2.75) is 18.4 Å². The number of aromatic nitrogens is 1. The molecule has 130 valence electrons. The van der Waals surface area contributed by atoms with Crippen molar-refractivity contribution >= 4 is 27.8 Å². The molecule has 1 unspecified atom stereocenters. The number of pyridine rings is 1. The third-order valence-electron chi connectivity index (χ3n) is 4.33. The molecule has 7 heteroatoms. The van der Waals surface area contributed by atoms with Gasteiger partial charge < -0.3 is 14.7 Å². The summed E-state index contributed by atoms with van der Waals surface area (Å²) in [6.45, 7) is 0.491. The normalized spacial score (nSPS) is 17.8. The molecule has 3 rings (SSSR count). The zero-order valence-corrected chi connectivity index (χ0v) is 15.1. The van der Waals surface area contributed by atoms with Crippen LogP contribution in [0.2, 0.25) is 0 Å². The first-order chi connectivity index (χ1) is 12.0. The molecule has 1 aliphatic rings. The fourth-order valence-corrected chi connectivity index (χ4v) is 3.22. The highest BCUT2D eigenvalue weighted by Crippen LogP contribution is 2.37. The summed E-state index contributed by atoms with van der Waals surface area (Å²) in [6, 6.07) is 10.5. The summed E-state index contributed by atoms with van der Waals surface area (Å²) in [5.41, 5.74) is 1.62. The van der Waals surface area contributed by atoms with Crippen molar-refractivity contribution < 1.29 is 19.4 Å². The number of hydrogen-bond acceptors (Lipinski definition) is 4. The van der Waals surface area contributed by atoms with Crippen LogP contribution in [0.1, 0.15) is 29.5 Å². The number of hydrogen-bond donors (Lipinski definition) is 1. The van der Waals surface area contributed by atoms with Gasteiger partial charge in [0, 0.05) is 23.3 Å². The molecule has 0 bridgehead atoms. The first kappa shape index (κ1) is 17.4. The van der Waals surface area contributed by atoms with Gasteiger partial charge in [-0.3, -0.25) is 9.59 Å². The summed E-state index contributed by atoms with van der Waals surface area (Å²) in [7, 11) is 1.51. The Bertz CT molecular complexity index is 777. The molecule has 1 aliphatic heterocycles. The lowest BCUT2D eigenvalue weighted by Gasteiger charge is -2.43. The minimum atomic E-state index is -0.958. The summed E-state index contributed by atoms with van der Waals surface area (Å²) in [6.07, 6.45) is 1.40. The Morgan fingerprint density at radius 1 is 1.36 bits per heavy atom. The van der Waals surface area contributed by atoms with Crippen molar-refractivity contribution in [1.82, 2.24) is 9.88 Å². The zero-order chi connectivity index (χ0) is 18.0. The van der Waals surface area contributed by atoms with E-state index in [0.29, 0.717) is 18.0 Å². The average molecular weight is 405 g/mol. The molecule has 0 spiro atoms. The standard InChI is InChI=1S/C18H17BrN2O4/c1-25-16-7-4-12(9-20-16)15(8-17(22)23)21-10-14(18(21)24)11-2-5-13(19)6-3-11/h2-7,9,14-15H,8,10H2,1H3,(H,22,23)/t14?,15-/m0/s1. The van der Waals surface area contributed by atoms with E-state index in [2.05, 4.69) is 20.9 Å². The van der Waals surface area contributed by atoms with E-state index in [1.54, 1.807) is 23.2 Å². The van der Waals surface area contributed by atoms with Gasteiger partial charge in [0.2, 0.25) is 11.8 Å². The monoisotopic (exact) mass is 404 g/mol. The van der Waals surface area contributed by atoms with E-state index in [-0.39, 0.29) is 18.2 Å². The maximum Gasteiger partial charge on any atom is 0.305 e. The first-order valence-corrected chi connectivity index (χ1v) is 8.56. The summed E-state index contributed by atoms with van der Waals surface area (Å²) in [4.78, 5) is 29.6. The summed E-state index contributed by atoms with van der Waals surface area (Å²) in [5.74, 6) is -0.804. The maximum atomic E-state index is 12.6. The van der Waals surface area contributed by atoms with Crippen molar-refractivity contribution in [2.75, 3.05) is 13.7 Å². The third kappa shape index (κ3) is 3.66. The fraction of sp³-hybridized carbons (Fsp3) is 0.278. The van der Waals surface area contributed by atoms with Gasteiger partial charge in [0.25, 0.3) is 0 Å². The van der Waals surface area contributed by atoms with E-state index in [1.807, 2.05) is 24.3 Å². The fourth-order valence-electron chi connectivity index (χ4n) is 2.96. The van der Waals surface area contributed by atoms with Crippen molar-refractivity contribution in [3.63, 3.8) is 0 Å². The smallest absolute Gasteiger partial charge is 0.305 e. The number of benzene rings is 1. The summed E-state index contributed by atoms with van der Waals surface area (Å²) >= 11 is 3.38. The van der Waals surface area contributed by atoms with Gasteiger partial charge in [-0.05, 0) is 23.3 Å². The van der Waals surface area contributed by atoms with Gasteiger partial charge in [-0.15, -0.1) is 0 Å². The van der Waals surface area contributed by atoms with Crippen LogP contribution < -0.4 is 4.74 Å². The number of carbonyl (C=O) groups excluding carboxylic acids is 1. The van der Waals surface area contributed by atoms with E-state index >= 15 is 0 Å². The van der Waals surface area contributed by atoms with E-state index in [4.69, 9.17) is 4.74 Å². The Morgan fingerprint density at radius 2 is 2.08 bits per heavy atom. The predicted octanol–water partition coefficient (Wildman–Crippen LogP) is 2.99. The van der Waals surface area contributed by atoms with Gasteiger partial charge in [0.15, 0.2) is 0 Å².